The topological polar surface area (TPSA) is 64.8 Å². The van der Waals surface area contributed by atoms with Gasteiger partial charge in [-0.3, -0.25) is 4.79 Å². The number of carbonyl (C=O) groups excluding carboxylic acids is 1. The second-order valence-corrected chi connectivity index (χ2v) is 8.72. The minimum atomic E-state index is -0.826. The van der Waals surface area contributed by atoms with Crippen molar-refractivity contribution in [3.63, 3.8) is 0 Å². The van der Waals surface area contributed by atoms with E-state index in [4.69, 9.17) is 15.2 Å². The van der Waals surface area contributed by atoms with E-state index in [0.717, 1.165) is 24.2 Å². The molecule has 5 nitrogen and oxygen atoms in total. The van der Waals surface area contributed by atoms with Crippen LogP contribution in [-0.2, 0) is 9.53 Å². The van der Waals surface area contributed by atoms with Gasteiger partial charge in [-0.05, 0) is 38.0 Å². The molecule has 2 N–H and O–H groups in total. The molecule has 0 spiro atoms. The Morgan fingerprint density at radius 3 is 2.52 bits per heavy atom. The van der Waals surface area contributed by atoms with Crippen molar-refractivity contribution in [2.24, 2.45) is 11.1 Å². The van der Waals surface area contributed by atoms with Gasteiger partial charge in [-0.25, -0.2) is 0 Å². The molecule has 2 atom stereocenters. The summed E-state index contributed by atoms with van der Waals surface area (Å²) in [6, 6.07) is 6.28. The van der Waals surface area contributed by atoms with Gasteiger partial charge < -0.3 is 20.1 Å². The van der Waals surface area contributed by atoms with Crippen LogP contribution in [0.5, 0.6) is 5.75 Å². The maximum absolute atomic E-state index is 13.1. The molecule has 1 saturated heterocycles. The molecule has 1 aromatic carbocycles. The predicted molar refractivity (Wildman–Crippen MR) is 107 cm³/mol. The molecular formula is C22H34N2O3. The van der Waals surface area contributed by atoms with E-state index in [9.17, 15) is 4.79 Å². The average molecular weight is 375 g/mol. The number of nitrogens with two attached hydrogens (primary N) is 1. The smallest absolute Gasteiger partial charge is 0.243 e. The lowest BCUT2D eigenvalue weighted by Gasteiger charge is -2.59. The van der Waals surface area contributed by atoms with Gasteiger partial charge >= 0.3 is 0 Å². The quantitative estimate of drug-likeness (QED) is 0.859. The van der Waals surface area contributed by atoms with Crippen molar-refractivity contribution in [3.05, 3.63) is 29.3 Å². The van der Waals surface area contributed by atoms with Crippen molar-refractivity contribution >= 4 is 5.91 Å². The number of amides is 1. The number of nitrogens with zero attached hydrogens (tertiary/aromatic N) is 1. The van der Waals surface area contributed by atoms with E-state index in [1.807, 2.05) is 25.7 Å². The van der Waals surface area contributed by atoms with Crippen LogP contribution in [0.3, 0.4) is 0 Å². The van der Waals surface area contributed by atoms with Gasteiger partial charge in [0.1, 0.15) is 17.4 Å². The van der Waals surface area contributed by atoms with Crippen LogP contribution in [0.15, 0.2) is 18.2 Å². The molecule has 1 aromatic rings. The largest absolute Gasteiger partial charge is 0.490 e. The van der Waals surface area contributed by atoms with Gasteiger partial charge in [0, 0.05) is 44.4 Å². The van der Waals surface area contributed by atoms with Gasteiger partial charge in [0.25, 0.3) is 0 Å². The van der Waals surface area contributed by atoms with Crippen LogP contribution in [0, 0.1) is 19.3 Å². The number of carbonyl (C=O) groups is 1. The number of aryl methyl sites for hydroxylation is 2. The molecule has 1 aliphatic heterocycles. The maximum Gasteiger partial charge on any atom is 0.243 e. The van der Waals surface area contributed by atoms with E-state index in [0.29, 0.717) is 26.1 Å². The zero-order valence-corrected chi connectivity index (χ0v) is 17.4. The van der Waals surface area contributed by atoms with E-state index in [1.165, 1.54) is 5.56 Å². The molecule has 1 heterocycles. The highest BCUT2D eigenvalue weighted by Crippen LogP contribution is 2.50. The Morgan fingerprint density at radius 1 is 1.26 bits per heavy atom. The lowest BCUT2D eigenvalue weighted by atomic mass is 9.54. The van der Waals surface area contributed by atoms with Crippen LogP contribution in [0.4, 0.5) is 0 Å². The van der Waals surface area contributed by atoms with Crippen LogP contribution in [0.2, 0.25) is 0 Å². The monoisotopic (exact) mass is 374 g/mol. The molecule has 2 unspecified atom stereocenters. The molecule has 0 aromatic heterocycles. The maximum atomic E-state index is 13.1. The summed E-state index contributed by atoms with van der Waals surface area (Å²) in [5.74, 6) is 1.02. The van der Waals surface area contributed by atoms with Crippen molar-refractivity contribution in [2.75, 3.05) is 19.7 Å². The number of hydrogen-bond acceptors (Lipinski definition) is 4. The summed E-state index contributed by atoms with van der Waals surface area (Å²) in [6.45, 7) is 12.3. The van der Waals surface area contributed by atoms with E-state index >= 15 is 0 Å². The molecule has 0 radical (unpaired) electrons. The van der Waals surface area contributed by atoms with E-state index in [-0.39, 0.29) is 23.5 Å². The molecule has 27 heavy (non-hydrogen) atoms. The van der Waals surface area contributed by atoms with Gasteiger partial charge in [-0.1, -0.05) is 26.0 Å². The first-order valence-electron chi connectivity index (χ1n) is 10.1. The Balaban J connectivity index is 1.58. The summed E-state index contributed by atoms with van der Waals surface area (Å²) in [4.78, 5) is 15.1. The summed E-state index contributed by atoms with van der Waals surface area (Å²) in [6.07, 6.45) is 2.48. The Hall–Kier alpha value is -1.59. The molecule has 2 aliphatic rings. The molecule has 1 aliphatic carbocycles. The number of benzene rings is 1. The van der Waals surface area contributed by atoms with Crippen molar-refractivity contribution in [1.82, 2.24) is 4.90 Å². The van der Waals surface area contributed by atoms with Gasteiger partial charge in [0.05, 0.1) is 6.10 Å². The van der Waals surface area contributed by atoms with E-state index in [2.05, 4.69) is 32.0 Å². The minimum Gasteiger partial charge on any atom is -0.490 e. The number of likely N-dealkylation sites (tertiary alicyclic amines) is 1. The van der Waals surface area contributed by atoms with E-state index in [1.54, 1.807) is 0 Å². The fourth-order valence-electron chi connectivity index (χ4n) is 4.27. The van der Waals surface area contributed by atoms with Gasteiger partial charge in [0.2, 0.25) is 5.91 Å². The van der Waals surface area contributed by atoms with Crippen molar-refractivity contribution in [2.45, 2.75) is 71.6 Å². The molecule has 0 bridgehead atoms. The van der Waals surface area contributed by atoms with E-state index < -0.39 is 5.54 Å². The Bertz CT molecular complexity index is 695. The SMILES string of the molecule is CCOC1CC(N)(C(=O)N2CCC(Oc3cc(C)ccc3C)CC2)C1(C)C. The molecule has 1 amide bonds. The average Bonchev–Trinajstić information content (AvgIpc) is 2.64. The zero-order valence-electron chi connectivity index (χ0n) is 17.4. The second-order valence-electron chi connectivity index (χ2n) is 8.72. The first-order chi connectivity index (χ1) is 12.7. The molecule has 2 fully saturated rings. The summed E-state index contributed by atoms with van der Waals surface area (Å²) in [5.41, 5.74) is 7.75. The number of piperidine rings is 1. The van der Waals surface area contributed by atoms with Gasteiger partial charge in [0.15, 0.2) is 0 Å². The normalized spacial score (nSPS) is 27.9. The van der Waals surface area contributed by atoms with Crippen LogP contribution in [-0.4, -0.2) is 48.3 Å². The molecule has 1 saturated carbocycles. The fraction of sp³-hybridized carbons (Fsp3) is 0.682. The first-order valence-corrected chi connectivity index (χ1v) is 10.1. The fourth-order valence-corrected chi connectivity index (χ4v) is 4.27. The predicted octanol–water partition coefficient (Wildman–Crippen LogP) is 3.21. The van der Waals surface area contributed by atoms with Crippen LogP contribution in [0.1, 0.15) is 51.2 Å². The highest BCUT2D eigenvalue weighted by atomic mass is 16.5. The first kappa shape index (κ1) is 20.2. The number of hydrogen-bond donors (Lipinski definition) is 1. The highest BCUT2D eigenvalue weighted by Gasteiger charge is 2.63. The Morgan fingerprint density at radius 2 is 1.93 bits per heavy atom. The van der Waals surface area contributed by atoms with Gasteiger partial charge in [-0.15, -0.1) is 0 Å². The third-order valence-corrected chi connectivity index (χ3v) is 6.58. The molecule has 150 valence electrons. The number of rotatable bonds is 5. The Kier molecular flexibility index (Phi) is 5.55. The summed E-state index contributed by atoms with van der Waals surface area (Å²) < 4.78 is 12.0. The van der Waals surface area contributed by atoms with Gasteiger partial charge in [-0.2, -0.15) is 0 Å². The van der Waals surface area contributed by atoms with Crippen molar-refractivity contribution < 1.29 is 14.3 Å². The lowest BCUT2D eigenvalue weighted by molar-refractivity contribution is -0.180. The zero-order chi connectivity index (χ0) is 19.8. The van der Waals surface area contributed by atoms with Crippen LogP contribution < -0.4 is 10.5 Å². The van der Waals surface area contributed by atoms with Crippen LogP contribution in [0.25, 0.3) is 0 Å². The van der Waals surface area contributed by atoms with Crippen LogP contribution >= 0.6 is 0 Å². The second kappa shape index (κ2) is 7.44. The van der Waals surface area contributed by atoms with Crippen molar-refractivity contribution in [3.8, 4) is 5.75 Å². The summed E-state index contributed by atoms with van der Waals surface area (Å²) >= 11 is 0. The lowest BCUT2D eigenvalue weighted by Crippen LogP contribution is -2.76. The minimum absolute atomic E-state index is 0.0571. The standard InChI is InChI=1S/C22H34N2O3/c1-6-26-19-14-22(23,21(19,4)5)20(25)24-11-9-17(10-12-24)27-18-13-15(2)7-8-16(18)3/h7-8,13,17,19H,6,9-12,14,23H2,1-5H3. The Labute approximate surface area is 163 Å². The molecular weight excluding hydrogens is 340 g/mol. The third-order valence-electron chi connectivity index (χ3n) is 6.58. The number of ether oxygens (including phenoxy) is 2. The molecule has 5 heteroatoms. The summed E-state index contributed by atoms with van der Waals surface area (Å²) in [5, 5.41) is 0. The summed E-state index contributed by atoms with van der Waals surface area (Å²) in [7, 11) is 0. The molecule has 3 rings (SSSR count). The van der Waals surface area contributed by atoms with Crippen molar-refractivity contribution in [1.29, 1.82) is 0 Å². The third kappa shape index (κ3) is 3.59. The highest BCUT2D eigenvalue weighted by molar-refractivity contribution is 5.89.